The van der Waals surface area contributed by atoms with Gasteiger partial charge in [-0.15, -0.1) is 0 Å². The first kappa shape index (κ1) is 37.1. The van der Waals surface area contributed by atoms with Crippen LogP contribution in [0.5, 0.6) is 5.75 Å². The van der Waals surface area contributed by atoms with Crippen LogP contribution in [0.2, 0.25) is 0 Å². The molecule has 53 heavy (non-hydrogen) atoms. The number of nitrogens with one attached hydrogen (secondary N) is 2. The number of para-hydroxylation sites is 1. The molecule has 0 spiro atoms. The molecule has 2 amide bonds. The summed E-state index contributed by atoms with van der Waals surface area (Å²) >= 11 is 0. The molecule has 4 saturated carbocycles. The summed E-state index contributed by atoms with van der Waals surface area (Å²) in [5, 5.41) is 29.3. The fourth-order valence-corrected chi connectivity index (χ4v) is 9.18. The van der Waals surface area contributed by atoms with Gasteiger partial charge in [-0.3, -0.25) is 14.4 Å². The number of carbonyl (C=O) groups is 2. The highest BCUT2D eigenvalue weighted by Gasteiger charge is 2.56. The lowest BCUT2D eigenvalue weighted by Gasteiger charge is -2.60. The summed E-state index contributed by atoms with van der Waals surface area (Å²) in [5.41, 5.74) is 6.22. The van der Waals surface area contributed by atoms with Gasteiger partial charge in [0.05, 0.1) is 32.4 Å². The Bertz CT molecular complexity index is 1860. The van der Waals surface area contributed by atoms with Gasteiger partial charge in [0.15, 0.2) is 0 Å². The van der Waals surface area contributed by atoms with Crippen molar-refractivity contribution in [3.8, 4) is 16.9 Å². The van der Waals surface area contributed by atoms with Crippen LogP contribution in [0.25, 0.3) is 11.1 Å². The number of aliphatic hydroxyl groups excluding tert-OH is 2. The third kappa shape index (κ3) is 6.98. The minimum atomic E-state index is -0.917. The van der Waals surface area contributed by atoms with E-state index in [1.54, 1.807) is 19.1 Å². The molecule has 10 heteroatoms. The molecular formula is C43H54N4O6. The number of nitrogens with zero attached hydrogens (tertiary/aromatic N) is 2. The second-order valence-corrected chi connectivity index (χ2v) is 16.3. The van der Waals surface area contributed by atoms with E-state index in [4.69, 9.17) is 9.57 Å². The number of amides is 2. The van der Waals surface area contributed by atoms with Crippen LogP contribution in [0, 0.1) is 23.2 Å². The van der Waals surface area contributed by atoms with E-state index in [2.05, 4.69) is 43.2 Å². The molecule has 3 aromatic carbocycles. The monoisotopic (exact) mass is 722 g/mol. The summed E-state index contributed by atoms with van der Waals surface area (Å²) in [5.74, 6) is 0.715. The number of fused-ring (bicyclic) bond motifs is 2. The lowest BCUT2D eigenvalue weighted by atomic mass is 9.46. The highest BCUT2D eigenvalue weighted by Crippen LogP contribution is 2.60. The Kier molecular flexibility index (Phi) is 10.2. The van der Waals surface area contributed by atoms with Crippen molar-refractivity contribution in [2.75, 3.05) is 32.7 Å². The van der Waals surface area contributed by atoms with Gasteiger partial charge in [-0.2, -0.15) is 5.06 Å². The minimum absolute atomic E-state index is 0.0850. The van der Waals surface area contributed by atoms with Crippen LogP contribution in [0.3, 0.4) is 0 Å². The zero-order chi connectivity index (χ0) is 37.8. The molecule has 9 atom stereocenters. The number of aliphatic hydroxyl groups is 2. The van der Waals surface area contributed by atoms with E-state index in [0.717, 1.165) is 47.2 Å². The molecule has 1 heterocycles. The zero-order valence-electron chi connectivity index (χ0n) is 31.7. The van der Waals surface area contributed by atoms with Crippen molar-refractivity contribution in [3.05, 3.63) is 95.6 Å². The molecule has 0 radical (unpaired) electrons. The molecule has 3 aromatic rings. The maximum absolute atomic E-state index is 14.2. The first-order chi connectivity index (χ1) is 25.3. The molecule has 1 aliphatic heterocycles. The number of methoxy groups -OCH3 is 1. The van der Waals surface area contributed by atoms with E-state index in [0.29, 0.717) is 29.1 Å². The van der Waals surface area contributed by atoms with E-state index < -0.39 is 24.2 Å². The Balaban J connectivity index is 1.15. The third-order valence-electron chi connectivity index (χ3n) is 12.6. The average molecular weight is 723 g/mol. The maximum Gasteiger partial charge on any atom is 0.251 e. The van der Waals surface area contributed by atoms with Gasteiger partial charge in [0, 0.05) is 54.4 Å². The molecule has 5 fully saturated rings. The Hall–Kier alpha value is -4.22. The summed E-state index contributed by atoms with van der Waals surface area (Å²) in [6, 6.07) is 20.9. The van der Waals surface area contributed by atoms with Crippen LogP contribution >= 0.6 is 0 Å². The Morgan fingerprint density at radius 2 is 1.81 bits per heavy atom. The number of hydrogen-bond acceptors (Lipinski definition) is 8. The summed E-state index contributed by atoms with van der Waals surface area (Å²) in [6.07, 6.45) is 1.16. The van der Waals surface area contributed by atoms with Crippen molar-refractivity contribution < 1.29 is 29.4 Å². The van der Waals surface area contributed by atoms with Gasteiger partial charge in [-0.05, 0) is 72.8 Å². The molecule has 5 aliphatic rings. The van der Waals surface area contributed by atoms with Crippen LogP contribution in [0.15, 0.2) is 78.9 Å². The molecule has 1 saturated heterocycles. The first-order valence-electron chi connectivity index (χ1n) is 18.9. The highest BCUT2D eigenvalue weighted by atomic mass is 16.7. The van der Waals surface area contributed by atoms with E-state index in [1.807, 2.05) is 73.6 Å². The number of anilines is 1. The molecule has 10 nitrogen and oxygen atoms in total. The lowest BCUT2D eigenvalue weighted by molar-refractivity contribution is -0.182. The van der Waals surface area contributed by atoms with E-state index in [9.17, 15) is 19.8 Å². The first-order valence-corrected chi connectivity index (χ1v) is 18.9. The van der Waals surface area contributed by atoms with Crippen molar-refractivity contribution in [1.29, 1.82) is 0 Å². The zero-order valence-corrected chi connectivity index (χ0v) is 31.7. The fourth-order valence-electron chi connectivity index (χ4n) is 9.18. The van der Waals surface area contributed by atoms with Crippen LogP contribution in [0.4, 0.5) is 5.69 Å². The van der Waals surface area contributed by atoms with E-state index in [-0.39, 0.29) is 42.5 Å². The fraction of sp³-hybridized carbons (Fsp3) is 0.488. The third-order valence-corrected chi connectivity index (χ3v) is 12.6. The standard InChI is InChI=1S/C43H54N4O6/c1-24-34-19-30(43(34,3)4)20-35(24)44-42(51)39-38(25(2)49)37(23-48)53-47(39)22-27-14-11-15-32(40(27)52-7)28-16-29(18-31(17-28)46(5)6)41(50)45-36-21-33(36)26-12-9-8-10-13-26/h8-18,25,30,33-39,48-49H,1,19-23H2,2-7H3,(H,44,51)(H,45,50)/t25-,30+,33?,34-,35-,36-,37-,38+,39-/m0/s1. The van der Waals surface area contributed by atoms with Gasteiger partial charge >= 0.3 is 0 Å². The molecule has 8 rings (SSSR count). The summed E-state index contributed by atoms with van der Waals surface area (Å²) in [6.45, 7) is 10.4. The number of ether oxygens (including phenoxy) is 1. The maximum atomic E-state index is 14.2. The predicted molar refractivity (Wildman–Crippen MR) is 205 cm³/mol. The molecule has 2 bridgehead atoms. The lowest BCUT2D eigenvalue weighted by Crippen LogP contribution is -2.59. The van der Waals surface area contributed by atoms with Crippen molar-refractivity contribution in [1.82, 2.24) is 15.7 Å². The van der Waals surface area contributed by atoms with Gasteiger partial charge in [0.25, 0.3) is 5.91 Å². The predicted octanol–water partition coefficient (Wildman–Crippen LogP) is 5.29. The van der Waals surface area contributed by atoms with Crippen LogP contribution in [0.1, 0.15) is 67.4 Å². The topological polar surface area (TPSA) is 124 Å². The SMILES string of the molecule is C=C1[C@@H](NC(=O)[C@@H]2[C@H]([C@H](C)O)[C@H](CO)ON2Cc2cccc(-c3cc(C(=O)N[C@H]4CC4c4ccccc4)cc(N(C)C)c3)c2OC)C[C@H]2C[C@@H]1C2(C)C. The minimum Gasteiger partial charge on any atom is -0.496 e. The number of hydrogen-bond donors (Lipinski definition) is 4. The number of benzene rings is 3. The second kappa shape index (κ2) is 14.5. The van der Waals surface area contributed by atoms with Crippen molar-refractivity contribution in [3.63, 3.8) is 0 Å². The largest absolute Gasteiger partial charge is 0.496 e. The summed E-state index contributed by atoms with van der Waals surface area (Å²) in [7, 11) is 5.49. The summed E-state index contributed by atoms with van der Waals surface area (Å²) in [4.78, 5) is 36.1. The molecule has 0 aromatic heterocycles. The quantitative estimate of drug-likeness (QED) is 0.186. The van der Waals surface area contributed by atoms with Gasteiger partial charge in [0.1, 0.15) is 17.9 Å². The van der Waals surface area contributed by atoms with Crippen LogP contribution in [-0.2, 0) is 16.2 Å². The molecule has 4 aliphatic carbocycles. The van der Waals surface area contributed by atoms with Gasteiger partial charge in [0.2, 0.25) is 5.91 Å². The van der Waals surface area contributed by atoms with Gasteiger partial charge < -0.3 is 30.5 Å². The number of rotatable bonds is 12. The Labute approximate surface area is 313 Å². The average Bonchev–Trinajstić information content (AvgIpc) is 3.81. The van der Waals surface area contributed by atoms with E-state index in [1.165, 1.54) is 5.56 Å². The number of hydroxylamine groups is 2. The van der Waals surface area contributed by atoms with Crippen molar-refractivity contribution in [2.45, 2.75) is 82.8 Å². The van der Waals surface area contributed by atoms with E-state index >= 15 is 0 Å². The highest BCUT2D eigenvalue weighted by molar-refractivity contribution is 5.97. The normalized spacial score (nSPS) is 29.2. The molecular weight excluding hydrogens is 668 g/mol. The molecule has 4 N–H and O–H groups in total. The van der Waals surface area contributed by atoms with Crippen molar-refractivity contribution in [2.24, 2.45) is 23.2 Å². The smallest absolute Gasteiger partial charge is 0.251 e. The molecule has 1 unspecified atom stereocenters. The Morgan fingerprint density at radius 3 is 2.45 bits per heavy atom. The van der Waals surface area contributed by atoms with Crippen LogP contribution < -0.4 is 20.3 Å². The van der Waals surface area contributed by atoms with Crippen LogP contribution in [-0.4, -0.2) is 85.2 Å². The summed E-state index contributed by atoms with van der Waals surface area (Å²) < 4.78 is 6.07. The van der Waals surface area contributed by atoms with Crippen molar-refractivity contribution >= 4 is 17.5 Å². The van der Waals surface area contributed by atoms with Gasteiger partial charge in [-0.25, -0.2) is 0 Å². The molecule has 282 valence electrons. The van der Waals surface area contributed by atoms with Gasteiger partial charge in [-0.1, -0.05) is 74.5 Å². The Morgan fingerprint density at radius 1 is 1.06 bits per heavy atom. The number of carbonyl (C=O) groups excluding carboxylic acids is 2. The second-order valence-electron chi connectivity index (χ2n) is 16.3.